The summed E-state index contributed by atoms with van der Waals surface area (Å²) in [5.74, 6) is 1.74. The van der Waals surface area contributed by atoms with Gasteiger partial charge < -0.3 is 22.8 Å². The van der Waals surface area contributed by atoms with Gasteiger partial charge in [-0.1, -0.05) is 25.3 Å². The molecular formula is C17H34O5Si9. The van der Waals surface area contributed by atoms with Crippen LogP contribution in [0.5, 0.6) is 11.5 Å². The van der Waals surface area contributed by atoms with Crippen molar-refractivity contribution in [1.29, 1.82) is 0 Å². The fourth-order valence-electron chi connectivity index (χ4n) is 4.68. The standard InChI is InChI=1S/C17H34O5Si9/c1-7-20-28(21-8-2)29(31(25,26)27,30(23,24)22-9-3)13-12-15-14(4)16(18-5)10-11-17(15)19-6/h1-3,10-11,28H,12-13H2,4-6,23-27H3. The molecule has 1 aromatic rings. The average Bonchev–Trinajstić information content (AvgIpc) is 2.68. The van der Waals surface area contributed by atoms with Crippen molar-refractivity contribution >= 4 is 77.2 Å². The van der Waals surface area contributed by atoms with Crippen LogP contribution >= 0.6 is 0 Å². The van der Waals surface area contributed by atoms with Crippen LogP contribution in [-0.4, -0.2) is 91.5 Å². The second-order valence-electron chi connectivity index (χ2n) is 8.83. The first-order chi connectivity index (χ1) is 14.5. The van der Waals surface area contributed by atoms with Gasteiger partial charge in [0.2, 0.25) is 6.87 Å². The summed E-state index contributed by atoms with van der Waals surface area (Å²) in [4.78, 5) is 0. The SMILES string of the molecule is C#CO[SiH](OC#C)[Si](CCc1c(OC)ccc(OC)c1C)([Si]([SiH3])([SiH3])[SiH3])[Si]([SiH3])([SiH3])OC#C. The minimum absolute atomic E-state index is 0.860. The summed E-state index contributed by atoms with van der Waals surface area (Å²) in [6.07, 6.45) is 23.8. The number of ether oxygens (including phenoxy) is 2. The molecule has 1 rings (SSSR count). The van der Waals surface area contributed by atoms with Gasteiger partial charge in [0.1, 0.15) is 11.5 Å². The fraction of sp³-hybridized carbons (Fsp3) is 0.294. The lowest BCUT2D eigenvalue weighted by Crippen LogP contribution is -2.88. The van der Waals surface area contributed by atoms with Crippen molar-refractivity contribution in [3.8, 4) is 49.1 Å². The van der Waals surface area contributed by atoms with Crippen LogP contribution in [0.3, 0.4) is 0 Å². The molecule has 0 amide bonds. The van der Waals surface area contributed by atoms with Gasteiger partial charge in [0.05, 0.1) is 32.5 Å². The van der Waals surface area contributed by atoms with Gasteiger partial charge in [0.25, 0.3) is 0 Å². The predicted molar refractivity (Wildman–Crippen MR) is 157 cm³/mol. The molecule has 0 saturated carbocycles. The Kier molecular flexibility index (Phi) is 10.5. The van der Waals surface area contributed by atoms with Crippen molar-refractivity contribution in [1.82, 2.24) is 0 Å². The van der Waals surface area contributed by atoms with E-state index >= 15 is 0 Å². The third kappa shape index (κ3) is 5.81. The molecule has 31 heavy (non-hydrogen) atoms. The molecule has 0 aromatic heterocycles. The number of benzene rings is 1. The van der Waals surface area contributed by atoms with Gasteiger partial charge in [-0.15, -0.1) is 0 Å². The molecule has 0 radical (unpaired) electrons. The lowest BCUT2D eigenvalue weighted by molar-refractivity contribution is 0.396. The zero-order valence-electron chi connectivity index (χ0n) is 19.9. The molecule has 0 spiro atoms. The lowest BCUT2D eigenvalue weighted by atomic mass is 10.0. The topological polar surface area (TPSA) is 46.2 Å². The number of terminal acetylenes is 3. The molecule has 0 saturated heterocycles. The van der Waals surface area contributed by atoms with Crippen LogP contribution in [0.1, 0.15) is 11.1 Å². The maximum atomic E-state index is 6.25. The molecule has 1 unspecified atom stereocenters. The minimum Gasteiger partial charge on any atom is -0.514 e. The molecule has 5 nitrogen and oxygen atoms in total. The number of methoxy groups -OCH3 is 2. The maximum absolute atomic E-state index is 6.25. The molecule has 0 aliphatic heterocycles. The second kappa shape index (κ2) is 11.6. The van der Waals surface area contributed by atoms with Crippen LogP contribution in [0.4, 0.5) is 0 Å². The monoisotopic (exact) mass is 570 g/mol. The molecule has 0 bridgehead atoms. The zero-order valence-corrected chi connectivity index (χ0v) is 34.1. The summed E-state index contributed by atoms with van der Waals surface area (Å²) in [6, 6.07) is 4.95. The van der Waals surface area contributed by atoms with E-state index in [4.69, 9.17) is 42.0 Å². The molecular weight excluding hydrogens is 537 g/mol. The van der Waals surface area contributed by atoms with Crippen LogP contribution in [0.15, 0.2) is 12.1 Å². The number of hydrogen-bond donors (Lipinski definition) is 0. The Morgan fingerprint density at radius 3 is 1.84 bits per heavy atom. The van der Waals surface area contributed by atoms with Crippen LogP contribution in [0, 0.1) is 44.5 Å². The van der Waals surface area contributed by atoms with Crippen LogP contribution in [0.25, 0.3) is 0 Å². The molecule has 0 fully saturated rings. The first kappa shape index (κ1) is 27.9. The summed E-state index contributed by atoms with van der Waals surface area (Å²) in [7, 11) is 6.61. The Bertz CT molecular complexity index is 881. The van der Waals surface area contributed by atoms with E-state index in [1.54, 1.807) is 14.2 Å². The normalized spacial score (nSPS) is 16.8. The highest BCUT2D eigenvalue weighted by atomic mass is 30.4. The first-order valence-electron chi connectivity index (χ1n) is 10.0. The van der Waals surface area contributed by atoms with Crippen molar-refractivity contribution in [3.05, 3.63) is 23.3 Å². The van der Waals surface area contributed by atoms with Crippen LogP contribution in [0.2, 0.25) is 6.04 Å². The summed E-state index contributed by atoms with van der Waals surface area (Å²) >= 11 is 0. The van der Waals surface area contributed by atoms with Crippen molar-refractivity contribution in [3.63, 3.8) is 0 Å². The van der Waals surface area contributed by atoms with E-state index in [0.29, 0.717) is 0 Å². The smallest absolute Gasteiger partial charge is 0.432 e. The summed E-state index contributed by atoms with van der Waals surface area (Å²) in [5.41, 5.74) is 2.28. The third-order valence-electron chi connectivity index (χ3n) is 6.19. The third-order valence-corrected chi connectivity index (χ3v) is 155. The highest BCUT2D eigenvalue weighted by molar-refractivity contribution is 8.11. The van der Waals surface area contributed by atoms with E-state index in [1.165, 1.54) is 34.8 Å². The Labute approximate surface area is 205 Å². The van der Waals surface area contributed by atoms with Gasteiger partial charge in [0, 0.05) is 31.2 Å². The average molecular weight is 571 g/mol. The largest absolute Gasteiger partial charge is 0.514 e. The molecule has 0 N–H and O–H groups in total. The summed E-state index contributed by atoms with van der Waals surface area (Å²) in [5, 5.41) is 0. The van der Waals surface area contributed by atoms with Gasteiger partial charge in [-0.05, 0) is 60.3 Å². The molecule has 0 aliphatic carbocycles. The lowest BCUT2D eigenvalue weighted by Gasteiger charge is -2.50. The van der Waals surface area contributed by atoms with Gasteiger partial charge in [-0.2, -0.15) is 0 Å². The fourth-order valence-corrected chi connectivity index (χ4v) is 274. The molecule has 1 atom stereocenters. The van der Waals surface area contributed by atoms with Crippen LogP contribution in [-0.2, 0) is 19.7 Å². The van der Waals surface area contributed by atoms with Crippen LogP contribution < -0.4 is 9.47 Å². The summed E-state index contributed by atoms with van der Waals surface area (Å²) in [6.45, 7) is -2.15. The molecule has 168 valence electrons. The van der Waals surface area contributed by atoms with Crippen molar-refractivity contribution in [2.75, 3.05) is 14.2 Å². The molecule has 14 heteroatoms. The van der Waals surface area contributed by atoms with E-state index in [2.05, 4.69) is 25.2 Å². The maximum Gasteiger partial charge on any atom is 0.432 e. The van der Waals surface area contributed by atoms with Gasteiger partial charge in [0.15, 0.2) is 6.63 Å². The number of rotatable bonds is 11. The Morgan fingerprint density at radius 2 is 1.42 bits per heavy atom. The van der Waals surface area contributed by atoms with E-state index in [0.717, 1.165) is 49.0 Å². The number of hydrogen-bond acceptors (Lipinski definition) is 5. The molecule has 0 heterocycles. The van der Waals surface area contributed by atoms with Gasteiger partial charge >= 0.3 is 8.80 Å². The van der Waals surface area contributed by atoms with Gasteiger partial charge in [-0.3, -0.25) is 0 Å². The molecule has 0 aliphatic rings. The quantitative estimate of drug-likeness (QED) is 0.197. The van der Waals surface area contributed by atoms with E-state index < -0.39 is 28.4 Å². The van der Waals surface area contributed by atoms with E-state index in [9.17, 15) is 0 Å². The highest BCUT2D eigenvalue weighted by Gasteiger charge is 2.68. The van der Waals surface area contributed by atoms with E-state index in [1.807, 2.05) is 12.1 Å². The van der Waals surface area contributed by atoms with Crippen molar-refractivity contribution in [2.45, 2.75) is 19.4 Å². The van der Waals surface area contributed by atoms with E-state index in [-0.39, 0.29) is 0 Å². The van der Waals surface area contributed by atoms with Crippen molar-refractivity contribution < 1.29 is 22.8 Å². The zero-order chi connectivity index (χ0) is 23.9. The Balaban J connectivity index is 3.72. The predicted octanol–water partition coefficient (Wildman–Crippen LogP) is -5.01. The Hall–Kier alpha value is -1.15. The summed E-state index contributed by atoms with van der Waals surface area (Å²) < 4.78 is 29.5. The minimum atomic E-state index is -2.30. The Morgan fingerprint density at radius 1 is 0.903 bits per heavy atom. The van der Waals surface area contributed by atoms with Gasteiger partial charge in [-0.25, -0.2) is 0 Å². The highest BCUT2D eigenvalue weighted by Crippen LogP contribution is 2.35. The second-order valence-corrected chi connectivity index (χ2v) is 116. The molecule has 1 aromatic carbocycles. The van der Waals surface area contributed by atoms with Crippen molar-refractivity contribution in [2.24, 2.45) is 0 Å². The first-order valence-corrected chi connectivity index (χ1v) is 38.4.